The van der Waals surface area contributed by atoms with Gasteiger partial charge < -0.3 is 5.73 Å². The van der Waals surface area contributed by atoms with Gasteiger partial charge in [0.15, 0.2) is 0 Å². The van der Waals surface area contributed by atoms with E-state index in [0.717, 1.165) is 44.3 Å². The largest absolute Gasteiger partial charge is 0.330 e. The molecule has 4 nitrogen and oxygen atoms in total. The first-order valence-electron chi connectivity index (χ1n) is 7.43. The molecule has 0 saturated carbocycles. The Hall–Kier alpha value is -1.16. The maximum atomic E-state index is 11.8. The minimum absolute atomic E-state index is 0.294. The molecule has 1 aromatic heterocycles. The average molecular weight is 265 g/mol. The fourth-order valence-electron chi connectivity index (χ4n) is 2.01. The van der Waals surface area contributed by atoms with E-state index in [2.05, 4.69) is 18.9 Å². The van der Waals surface area contributed by atoms with Crippen LogP contribution in [0.2, 0.25) is 0 Å². The molecule has 19 heavy (non-hydrogen) atoms. The first-order valence-corrected chi connectivity index (χ1v) is 7.43. The number of unbranched alkanes of at least 4 members (excludes halogenated alkanes) is 3. The summed E-state index contributed by atoms with van der Waals surface area (Å²) in [4.78, 5) is 11.8. The summed E-state index contributed by atoms with van der Waals surface area (Å²) in [7, 11) is 0. The Bertz CT molecular complexity index is 373. The van der Waals surface area contributed by atoms with Crippen LogP contribution in [0, 0.1) is 0 Å². The topological polar surface area (TPSA) is 60.9 Å². The third-order valence-electron chi connectivity index (χ3n) is 3.49. The number of carbonyl (C=O) groups excluding carboxylic acids is 1. The molecule has 1 aromatic rings. The molecule has 0 bridgehead atoms. The fraction of sp³-hybridized carbons (Fsp3) is 0.733. The van der Waals surface area contributed by atoms with Crippen molar-refractivity contribution >= 4 is 5.78 Å². The van der Waals surface area contributed by atoms with Crippen LogP contribution in [-0.2, 0) is 11.2 Å². The van der Waals surface area contributed by atoms with Crippen LogP contribution in [0.3, 0.4) is 0 Å². The molecular weight excluding hydrogens is 238 g/mol. The third kappa shape index (κ3) is 6.01. The zero-order valence-corrected chi connectivity index (χ0v) is 12.3. The molecule has 1 rings (SSSR count). The number of Topliss-reactive ketones (excluding diaryl/α,β-unsaturated/α-hetero) is 1. The lowest BCUT2D eigenvalue weighted by Crippen LogP contribution is -2.07. The molecule has 0 aliphatic heterocycles. The van der Waals surface area contributed by atoms with E-state index in [-0.39, 0.29) is 0 Å². The predicted octanol–water partition coefficient (Wildman–Crippen LogP) is 2.87. The van der Waals surface area contributed by atoms with Crippen molar-refractivity contribution in [3.05, 3.63) is 18.0 Å². The van der Waals surface area contributed by atoms with Crippen LogP contribution in [0.1, 0.15) is 64.1 Å². The molecule has 1 unspecified atom stereocenters. The number of hydrogen-bond acceptors (Lipinski definition) is 3. The van der Waals surface area contributed by atoms with E-state index in [1.165, 1.54) is 0 Å². The number of rotatable bonds is 10. The molecule has 4 heteroatoms. The van der Waals surface area contributed by atoms with Gasteiger partial charge in [-0.15, -0.1) is 0 Å². The van der Waals surface area contributed by atoms with E-state index in [0.29, 0.717) is 24.7 Å². The van der Waals surface area contributed by atoms with Gasteiger partial charge in [-0.2, -0.15) is 5.10 Å². The Morgan fingerprint density at radius 1 is 1.37 bits per heavy atom. The van der Waals surface area contributed by atoms with Crippen LogP contribution in [0.4, 0.5) is 0 Å². The highest BCUT2D eigenvalue weighted by molar-refractivity contribution is 5.80. The first kappa shape index (κ1) is 15.9. The second-order valence-electron chi connectivity index (χ2n) is 5.21. The molecule has 0 radical (unpaired) electrons. The summed E-state index contributed by atoms with van der Waals surface area (Å²) in [6.07, 6.45) is 8.43. The summed E-state index contributed by atoms with van der Waals surface area (Å²) in [6, 6.07) is 2.36. The molecule has 0 saturated heterocycles. The van der Waals surface area contributed by atoms with E-state index in [1.54, 1.807) is 0 Å². The third-order valence-corrected chi connectivity index (χ3v) is 3.49. The molecule has 1 atom stereocenters. The van der Waals surface area contributed by atoms with Gasteiger partial charge in [0.05, 0.1) is 12.1 Å². The van der Waals surface area contributed by atoms with Crippen molar-refractivity contribution in [3.63, 3.8) is 0 Å². The number of nitrogens with zero attached hydrogens (tertiary/aromatic N) is 2. The van der Waals surface area contributed by atoms with Crippen molar-refractivity contribution in [1.82, 2.24) is 9.78 Å². The minimum atomic E-state index is 0.294. The maximum Gasteiger partial charge on any atom is 0.138 e. The molecular formula is C15H27N3O. The summed E-state index contributed by atoms with van der Waals surface area (Å²) in [5.74, 6) is 0.294. The number of hydrogen-bond donors (Lipinski definition) is 1. The molecule has 1 heterocycles. The second kappa shape index (κ2) is 8.86. The van der Waals surface area contributed by atoms with Gasteiger partial charge in [-0.3, -0.25) is 9.48 Å². The molecule has 0 aliphatic carbocycles. The van der Waals surface area contributed by atoms with Gasteiger partial charge in [0.25, 0.3) is 0 Å². The van der Waals surface area contributed by atoms with Crippen LogP contribution in [0.15, 0.2) is 12.3 Å². The lowest BCUT2D eigenvalue weighted by atomic mass is 10.1. The van der Waals surface area contributed by atoms with E-state index in [1.807, 2.05) is 16.9 Å². The zero-order valence-electron chi connectivity index (χ0n) is 12.3. The minimum Gasteiger partial charge on any atom is -0.330 e. The van der Waals surface area contributed by atoms with Gasteiger partial charge in [0, 0.05) is 18.7 Å². The SMILES string of the molecule is CCC(C)n1ccc(CC(=O)CCCCCCN)n1. The normalized spacial score (nSPS) is 12.6. The van der Waals surface area contributed by atoms with E-state index in [4.69, 9.17) is 5.73 Å². The molecule has 2 N–H and O–H groups in total. The highest BCUT2D eigenvalue weighted by Gasteiger charge is 2.08. The van der Waals surface area contributed by atoms with Gasteiger partial charge in [0.1, 0.15) is 5.78 Å². The zero-order chi connectivity index (χ0) is 14.1. The molecule has 108 valence electrons. The molecule has 0 fully saturated rings. The lowest BCUT2D eigenvalue weighted by Gasteiger charge is -2.08. The quantitative estimate of drug-likeness (QED) is 0.662. The summed E-state index contributed by atoms with van der Waals surface area (Å²) in [6.45, 7) is 5.02. The smallest absolute Gasteiger partial charge is 0.138 e. The van der Waals surface area contributed by atoms with Gasteiger partial charge in [0.2, 0.25) is 0 Å². The maximum absolute atomic E-state index is 11.8. The van der Waals surface area contributed by atoms with Gasteiger partial charge >= 0.3 is 0 Å². The van der Waals surface area contributed by atoms with Gasteiger partial charge in [-0.25, -0.2) is 0 Å². The standard InChI is InChI=1S/C15H27N3O/c1-3-13(2)18-11-9-14(17-18)12-15(19)8-6-4-5-7-10-16/h9,11,13H,3-8,10,12,16H2,1-2H3. The van der Waals surface area contributed by atoms with Crippen molar-refractivity contribution < 1.29 is 4.79 Å². The van der Waals surface area contributed by atoms with Gasteiger partial charge in [-0.1, -0.05) is 19.8 Å². The molecule has 0 spiro atoms. The van der Waals surface area contributed by atoms with Crippen LogP contribution in [0.25, 0.3) is 0 Å². The van der Waals surface area contributed by atoms with Crippen LogP contribution < -0.4 is 5.73 Å². The average Bonchev–Trinajstić information content (AvgIpc) is 2.86. The number of nitrogens with two attached hydrogens (primary N) is 1. The fourth-order valence-corrected chi connectivity index (χ4v) is 2.01. The van der Waals surface area contributed by atoms with Crippen molar-refractivity contribution in [3.8, 4) is 0 Å². The molecule has 0 aromatic carbocycles. The first-order chi connectivity index (χ1) is 9.17. The number of carbonyl (C=O) groups is 1. The van der Waals surface area contributed by atoms with Crippen molar-refractivity contribution in [2.24, 2.45) is 5.73 Å². The molecule has 0 amide bonds. The van der Waals surface area contributed by atoms with E-state index in [9.17, 15) is 4.79 Å². The summed E-state index contributed by atoms with van der Waals surface area (Å²) < 4.78 is 1.95. The Morgan fingerprint density at radius 3 is 2.79 bits per heavy atom. The monoisotopic (exact) mass is 265 g/mol. The Labute approximate surface area is 116 Å². The summed E-state index contributed by atoms with van der Waals surface area (Å²) in [5, 5.41) is 4.46. The highest BCUT2D eigenvalue weighted by Crippen LogP contribution is 2.11. The van der Waals surface area contributed by atoms with Crippen molar-refractivity contribution in [1.29, 1.82) is 0 Å². The number of ketones is 1. The van der Waals surface area contributed by atoms with E-state index < -0.39 is 0 Å². The van der Waals surface area contributed by atoms with Crippen molar-refractivity contribution in [2.45, 2.75) is 64.8 Å². The van der Waals surface area contributed by atoms with Crippen LogP contribution >= 0.6 is 0 Å². The molecule has 0 aliphatic rings. The summed E-state index contributed by atoms with van der Waals surface area (Å²) >= 11 is 0. The second-order valence-corrected chi connectivity index (χ2v) is 5.21. The highest BCUT2D eigenvalue weighted by atomic mass is 16.1. The lowest BCUT2D eigenvalue weighted by molar-refractivity contribution is -0.118. The number of aromatic nitrogens is 2. The van der Waals surface area contributed by atoms with Crippen molar-refractivity contribution in [2.75, 3.05) is 6.54 Å². The summed E-state index contributed by atoms with van der Waals surface area (Å²) in [5.41, 5.74) is 6.33. The predicted molar refractivity (Wildman–Crippen MR) is 78.1 cm³/mol. The van der Waals surface area contributed by atoms with Gasteiger partial charge in [-0.05, 0) is 38.8 Å². The van der Waals surface area contributed by atoms with Crippen LogP contribution in [0.5, 0.6) is 0 Å². The van der Waals surface area contributed by atoms with Crippen LogP contribution in [-0.4, -0.2) is 22.1 Å². The Kier molecular flexibility index (Phi) is 7.41. The Morgan fingerprint density at radius 2 is 2.11 bits per heavy atom. The van der Waals surface area contributed by atoms with E-state index >= 15 is 0 Å². The Balaban J connectivity index is 2.26.